The van der Waals surface area contributed by atoms with Crippen molar-refractivity contribution < 1.29 is 14.3 Å². The van der Waals surface area contributed by atoms with Crippen molar-refractivity contribution in [2.45, 2.75) is 58.1 Å². The quantitative estimate of drug-likeness (QED) is 0.665. The van der Waals surface area contributed by atoms with Gasteiger partial charge >= 0.3 is 0 Å². The SMILES string of the molecule is CC(C)(C)c1nc(CN2CCN(C(=O)CCOCC3CCCO3)CC2)cs1. The van der Waals surface area contributed by atoms with Crippen LogP contribution in [0, 0.1) is 0 Å². The van der Waals surface area contributed by atoms with Crippen molar-refractivity contribution in [2.24, 2.45) is 0 Å². The molecule has 2 aliphatic rings. The number of nitrogens with zero attached hydrogens (tertiary/aromatic N) is 3. The largest absolute Gasteiger partial charge is 0.378 e. The zero-order valence-electron chi connectivity index (χ0n) is 16.9. The molecule has 1 aromatic rings. The maximum absolute atomic E-state index is 12.4. The molecule has 27 heavy (non-hydrogen) atoms. The van der Waals surface area contributed by atoms with Crippen LogP contribution in [0.15, 0.2) is 5.38 Å². The van der Waals surface area contributed by atoms with E-state index in [1.165, 1.54) is 5.01 Å². The minimum absolute atomic E-state index is 0.111. The molecular weight excluding hydrogens is 362 g/mol. The summed E-state index contributed by atoms with van der Waals surface area (Å²) in [6, 6.07) is 0. The summed E-state index contributed by atoms with van der Waals surface area (Å²) < 4.78 is 11.1. The van der Waals surface area contributed by atoms with Gasteiger partial charge in [0.25, 0.3) is 0 Å². The zero-order chi connectivity index (χ0) is 19.3. The smallest absolute Gasteiger partial charge is 0.224 e. The van der Waals surface area contributed by atoms with Crippen LogP contribution in [-0.2, 0) is 26.2 Å². The van der Waals surface area contributed by atoms with Gasteiger partial charge in [0.05, 0.1) is 36.4 Å². The van der Waals surface area contributed by atoms with E-state index in [0.717, 1.165) is 57.9 Å². The van der Waals surface area contributed by atoms with Crippen LogP contribution in [0.1, 0.15) is 50.7 Å². The first-order valence-electron chi connectivity index (χ1n) is 10.1. The van der Waals surface area contributed by atoms with E-state index in [0.29, 0.717) is 19.6 Å². The molecule has 1 unspecified atom stereocenters. The van der Waals surface area contributed by atoms with Gasteiger partial charge in [-0.15, -0.1) is 11.3 Å². The third kappa shape index (κ3) is 6.24. The molecule has 2 fully saturated rings. The summed E-state index contributed by atoms with van der Waals surface area (Å²) in [5.41, 5.74) is 1.26. The normalized spacial score (nSPS) is 21.7. The average Bonchev–Trinajstić information content (AvgIpc) is 3.30. The van der Waals surface area contributed by atoms with Crippen molar-refractivity contribution in [3.05, 3.63) is 16.1 Å². The summed E-state index contributed by atoms with van der Waals surface area (Å²) in [4.78, 5) is 21.5. The Balaban J connectivity index is 1.33. The second-order valence-electron chi connectivity index (χ2n) is 8.51. The van der Waals surface area contributed by atoms with Gasteiger partial charge < -0.3 is 14.4 Å². The number of hydrogen-bond donors (Lipinski definition) is 0. The van der Waals surface area contributed by atoms with E-state index in [4.69, 9.17) is 14.5 Å². The molecule has 0 aromatic carbocycles. The van der Waals surface area contributed by atoms with Crippen molar-refractivity contribution in [3.8, 4) is 0 Å². The van der Waals surface area contributed by atoms with Gasteiger partial charge in [-0.2, -0.15) is 0 Å². The third-order valence-electron chi connectivity index (χ3n) is 5.09. The molecule has 152 valence electrons. The van der Waals surface area contributed by atoms with E-state index in [9.17, 15) is 4.79 Å². The van der Waals surface area contributed by atoms with Crippen molar-refractivity contribution in [3.63, 3.8) is 0 Å². The van der Waals surface area contributed by atoms with Crippen LogP contribution in [0.3, 0.4) is 0 Å². The molecule has 0 N–H and O–H groups in total. The van der Waals surface area contributed by atoms with Crippen molar-refractivity contribution in [1.82, 2.24) is 14.8 Å². The van der Waals surface area contributed by atoms with E-state index in [2.05, 4.69) is 31.1 Å². The molecule has 7 heteroatoms. The monoisotopic (exact) mass is 395 g/mol. The van der Waals surface area contributed by atoms with E-state index < -0.39 is 0 Å². The molecule has 1 amide bonds. The lowest BCUT2D eigenvalue weighted by Crippen LogP contribution is -2.48. The fraction of sp³-hybridized carbons (Fsp3) is 0.800. The van der Waals surface area contributed by atoms with Crippen LogP contribution in [-0.4, -0.2) is 72.8 Å². The van der Waals surface area contributed by atoms with Gasteiger partial charge in [-0.05, 0) is 12.8 Å². The number of carbonyl (C=O) groups is 1. The van der Waals surface area contributed by atoms with Crippen LogP contribution in [0.4, 0.5) is 0 Å². The van der Waals surface area contributed by atoms with Crippen LogP contribution in [0.2, 0.25) is 0 Å². The van der Waals surface area contributed by atoms with Crippen LogP contribution >= 0.6 is 11.3 Å². The Morgan fingerprint density at radius 2 is 2.11 bits per heavy atom. The number of rotatable bonds is 7. The second kappa shape index (κ2) is 9.45. The van der Waals surface area contributed by atoms with Gasteiger partial charge in [0.1, 0.15) is 0 Å². The Morgan fingerprint density at radius 3 is 2.74 bits per heavy atom. The summed E-state index contributed by atoms with van der Waals surface area (Å²) >= 11 is 1.75. The Hall–Kier alpha value is -1.02. The highest BCUT2D eigenvalue weighted by molar-refractivity contribution is 7.09. The number of thiazole rings is 1. The fourth-order valence-electron chi connectivity index (χ4n) is 3.42. The average molecular weight is 396 g/mol. The maximum atomic E-state index is 12.4. The highest BCUT2D eigenvalue weighted by Gasteiger charge is 2.23. The minimum atomic E-state index is 0.111. The van der Waals surface area contributed by atoms with Gasteiger partial charge in [-0.25, -0.2) is 4.98 Å². The summed E-state index contributed by atoms with van der Waals surface area (Å²) in [5, 5.41) is 3.36. The molecule has 2 aliphatic heterocycles. The van der Waals surface area contributed by atoms with Gasteiger partial charge in [0.2, 0.25) is 5.91 Å². The predicted octanol–water partition coefficient (Wildman–Crippen LogP) is 2.67. The molecule has 1 aromatic heterocycles. The van der Waals surface area contributed by atoms with E-state index in [-0.39, 0.29) is 17.4 Å². The van der Waals surface area contributed by atoms with Gasteiger partial charge in [0.15, 0.2) is 0 Å². The second-order valence-corrected chi connectivity index (χ2v) is 9.37. The number of ether oxygens (including phenoxy) is 2. The first kappa shape index (κ1) is 20.7. The third-order valence-corrected chi connectivity index (χ3v) is 6.41. The molecule has 0 saturated carbocycles. The zero-order valence-corrected chi connectivity index (χ0v) is 17.7. The van der Waals surface area contributed by atoms with Crippen molar-refractivity contribution >= 4 is 17.2 Å². The Kier molecular flexibility index (Phi) is 7.25. The summed E-state index contributed by atoms with van der Waals surface area (Å²) in [6.07, 6.45) is 2.89. The topological polar surface area (TPSA) is 54.9 Å². The van der Waals surface area contributed by atoms with Crippen LogP contribution in [0.5, 0.6) is 0 Å². The molecule has 6 nitrogen and oxygen atoms in total. The maximum Gasteiger partial charge on any atom is 0.224 e. The lowest BCUT2D eigenvalue weighted by Gasteiger charge is -2.34. The summed E-state index contributed by atoms with van der Waals surface area (Å²) in [5.74, 6) is 0.200. The van der Waals surface area contributed by atoms with E-state index in [1.807, 2.05) is 4.90 Å². The van der Waals surface area contributed by atoms with E-state index in [1.54, 1.807) is 11.3 Å². The highest BCUT2D eigenvalue weighted by atomic mass is 32.1. The predicted molar refractivity (Wildman–Crippen MR) is 107 cm³/mol. The number of piperazine rings is 1. The van der Waals surface area contributed by atoms with Crippen molar-refractivity contribution in [2.75, 3.05) is 46.0 Å². The van der Waals surface area contributed by atoms with Crippen LogP contribution in [0.25, 0.3) is 0 Å². The standard InChI is InChI=1S/C20H33N3O3S/c1-20(2,3)19-21-16(15-27-19)13-22-7-9-23(10-8-22)18(24)6-12-25-14-17-5-4-11-26-17/h15,17H,4-14H2,1-3H3. The Morgan fingerprint density at radius 1 is 1.33 bits per heavy atom. The Labute approximate surface area is 166 Å². The first-order chi connectivity index (χ1) is 12.9. The molecule has 0 spiro atoms. The molecule has 2 saturated heterocycles. The van der Waals surface area contributed by atoms with Gasteiger partial charge in [-0.3, -0.25) is 9.69 Å². The molecule has 3 rings (SSSR count). The Bertz CT molecular complexity index is 600. The number of carbonyl (C=O) groups excluding carboxylic acids is 1. The molecular formula is C20H33N3O3S. The molecule has 3 heterocycles. The summed E-state index contributed by atoms with van der Waals surface area (Å²) in [6.45, 7) is 12.8. The van der Waals surface area contributed by atoms with E-state index >= 15 is 0 Å². The molecule has 0 radical (unpaired) electrons. The highest BCUT2D eigenvalue weighted by Crippen LogP contribution is 2.26. The van der Waals surface area contributed by atoms with Gasteiger partial charge in [-0.1, -0.05) is 20.8 Å². The number of aromatic nitrogens is 1. The number of hydrogen-bond acceptors (Lipinski definition) is 6. The van der Waals surface area contributed by atoms with Crippen molar-refractivity contribution in [1.29, 1.82) is 0 Å². The lowest BCUT2D eigenvalue weighted by atomic mass is 9.98. The molecule has 0 aliphatic carbocycles. The minimum Gasteiger partial charge on any atom is -0.378 e. The lowest BCUT2D eigenvalue weighted by molar-refractivity contribution is -0.134. The summed E-state index contributed by atoms with van der Waals surface area (Å²) in [7, 11) is 0. The fourth-order valence-corrected chi connectivity index (χ4v) is 4.32. The van der Waals surface area contributed by atoms with Gasteiger partial charge in [0, 0.05) is 50.1 Å². The number of amides is 1. The van der Waals surface area contributed by atoms with Crippen LogP contribution < -0.4 is 0 Å². The first-order valence-corrected chi connectivity index (χ1v) is 10.9. The molecule has 0 bridgehead atoms. The molecule has 1 atom stereocenters.